The quantitative estimate of drug-likeness (QED) is 0.592. The number of nitrogens with zero attached hydrogens (tertiary/aromatic N) is 1. The van der Waals surface area contributed by atoms with Crippen LogP contribution in [0.1, 0.15) is 43.9 Å². The minimum absolute atomic E-state index is 0.0326. The van der Waals surface area contributed by atoms with Gasteiger partial charge in [0.15, 0.2) is 5.78 Å². The highest BCUT2D eigenvalue weighted by molar-refractivity contribution is 6.30. The Morgan fingerprint density at radius 3 is 2.19 bits per heavy atom. The van der Waals surface area contributed by atoms with E-state index in [1.54, 1.807) is 53.4 Å². The Bertz CT molecular complexity index is 845. The molecule has 0 spiro atoms. The van der Waals surface area contributed by atoms with Crippen molar-refractivity contribution in [1.82, 2.24) is 4.90 Å². The lowest BCUT2D eigenvalue weighted by atomic mass is 9.89. The third-order valence-electron chi connectivity index (χ3n) is 4.76. The van der Waals surface area contributed by atoms with Gasteiger partial charge >= 0.3 is 5.97 Å². The predicted octanol–water partition coefficient (Wildman–Crippen LogP) is 3.86. The number of benzene rings is 2. The van der Waals surface area contributed by atoms with Crippen LogP contribution < -0.4 is 0 Å². The van der Waals surface area contributed by atoms with E-state index in [9.17, 15) is 14.4 Å². The first-order valence-corrected chi connectivity index (χ1v) is 9.15. The van der Waals surface area contributed by atoms with Crippen molar-refractivity contribution in [2.75, 3.05) is 20.2 Å². The number of hydrogen-bond acceptors (Lipinski definition) is 4. The standard InChI is InChI=1S/C21H20ClNO4/c1-27-21(26)16-6-4-15(5-7-16)20(25)23-12-2-3-17(13-23)19(24)14-8-10-18(22)11-9-14/h4-11,17H,2-3,12-13H2,1H3/t17-/m1/s1. The molecule has 1 aliphatic heterocycles. The Morgan fingerprint density at radius 1 is 0.963 bits per heavy atom. The number of ketones is 1. The Balaban J connectivity index is 1.70. The van der Waals surface area contributed by atoms with Gasteiger partial charge in [-0.15, -0.1) is 0 Å². The van der Waals surface area contributed by atoms with Crippen molar-refractivity contribution >= 4 is 29.3 Å². The molecule has 0 radical (unpaired) electrons. The number of ether oxygens (including phenoxy) is 1. The van der Waals surface area contributed by atoms with Crippen molar-refractivity contribution in [1.29, 1.82) is 0 Å². The number of amides is 1. The van der Waals surface area contributed by atoms with E-state index < -0.39 is 5.97 Å². The second kappa shape index (κ2) is 8.35. The van der Waals surface area contributed by atoms with Gasteiger partial charge in [-0.3, -0.25) is 9.59 Å². The van der Waals surface area contributed by atoms with Crippen LogP contribution in [0.3, 0.4) is 0 Å². The fourth-order valence-electron chi connectivity index (χ4n) is 3.27. The van der Waals surface area contributed by atoms with E-state index in [1.807, 2.05) is 0 Å². The van der Waals surface area contributed by atoms with Gasteiger partial charge in [0, 0.05) is 35.2 Å². The third kappa shape index (κ3) is 4.37. The van der Waals surface area contributed by atoms with Crippen molar-refractivity contribution in [2.24, 2.45) is 5.92 Å². The van der Waals surface area contributed by atoms with Crippen LogP contribution in [0.25, 0.3) is 0 Å². The van der Waals surface area contributed by atoms with Gasteiger partial charge in [-0.25, -0.2) is 4.79 Å². The summed E-state index contributed by atoms with van der Waals surface area (Å²) >= 11 is 5.88. The third-order valence-corrected chi connectivity index (χ3v) is 5.01. The van der Waals surface area contributed by atoms with Crippen LogP contribution in [0.4, 0.5) is 0 Å². The zero-order valence-electron chi connectivity index (χ0n) is 15.0. The molecule has 1 amide bonds. The number of esters is 1. The number of rotatable bonds is 4. The molecule has 27 heavy (non-hydrogen) atoms. The molecular formula is C21H20ClNO4. The Labute approximate surface area is 162 Å². The Kier molecular flexibility index (Phi) is 5.91. The molecule has 5 nitrogen and oxygen atoms in total. The summed E-state index contributed by atoms with van der Waals surface area (Å²) in [6, 6.07) is 13.2. The van der Waals surface area contributed by atoms with E-state index in [2.05, 4.69) is 4.74 Å². The van der Waals surface area contributed by atoms with E-state index in [0.29, 0.717) is 34.8 Å². The molecule has 1 fully saturated rings. The van der Waals surface area contributed by atoms with Crippen LogP contribution in [0, 0.1) is 5.92 Å². The lowest BCUT2D eigenvalue weighted by Crippen LogP contribution is -2.42. The molecule has 1 aliphatic rings. The van der Waals surface area contributed by atoms with E-state index in [1.165, 1.54) is 7.11 Å². The molecule has 140 valence electrons. The van der Waals surface area contributed by atoms with Crippen LogP contribution in [-0.2, 0) is 4.74 Å². The van der Waals surface area contributed by atoms with Crippen LogP contribution in [0.15, 0.2) is 48.5 Å². The van der Waals surface area contributed by atoms with Gasteiger partial charge in [-0.2, -0.15) is 0 Å². The van der Waals surface area contributed by atoms with Gasteiger partial charge in [0.05, 0.1) is 12.7 Å². The maximum absolute atomic E-state index is 12.8. The van der Waals surface area contributed by atoms with Gasteiger partial charge in [0.1, 0.15) is 0 Å². The summed E-state index contributed by atoms with van der Waals surface area (Å²) in [6.07, 6.45) is 1.53. The number of carbonyl (C=O) groups excluding carboxylic acids is 3. The number of carbonyl (C=O) groups is 3. The first-order chi connectivity index (χ1) is 13.0. The van der Waals surface area contributed by atoms with Crippen molar-refractivity contribution in [2.45, 2.75) is 12.8 Å². The van der Waals surface area contributed by atoms with E-state index in [-0.39, 0.29) is 17.6 Å². The number of halogens is 1. The highest BCUT2D eigenvalue weighted by Gasteiger charge is 2.29. The molecule has 3 rings (SSSR count). The van der Waals surface area contributed by atoms with Crippen molar-refractivity contribution in [3.05, 3.63) is 70.2 Å². The van der Waals surface area contributed by atoms with Gasteiger partial charge in [-0.05, 0) is 61.4 Å². The van der Waals surface area contributed by atoms with Crippen LogP contribution in [0.2, 0.25) is 5.02 Å². The van der Waals surface area contributed by atoms with Crippen molar-refractivity contribution < 1.29 is 19.1 Å². The number of piperidine rings is 1. The molecule has 0 aliphatic carbocycles. The van der Waals surface area contributed by atoms with Gasteiger partial charge in [-0.1, -0.05) is 11.6 Å². The van der Waals surface area contributed by atoms with Crippen LogP contribution in [-0.4, -0.2) is 42.8 Å². The lowest BCUT2D eigenvalue weighted by Gasteiger charge is -2.32. The highest BCUT2D eigenvalue weighted by atomic mass is 35.5. The topological polar surface area (TPSA) is 63.7 Å². The first kappa shape index (κ1) is 19.1. The molecule has 0 bridgehead atoms. The smallest absolute Gasteiger partial charge is 0.337 e. The second-order valence-corrected chi connectivity index (χ2v) is 6.97. The van der Waals surface area contributed by atoms with E-state index >= 15 is 0 Å². The molecule has 2 aromatic rings. The van der Waals surface area contributed by atoms with Gasteiger partial charge in [0.2, 0.25) is 0 Å². The molecule has 0 aromatic heterocycles. The molecule has 6 heteroatoms. The summed E-state index contributed by atoms with van der Waals surface area (Å²) < 4.78 is 4.66. The van der Waals surface area contributed by atoms with Crippen LogP contribution >= 0.6 is 11.6 Å². The van der Waals surface area contributed by atoms with E-state index in [4.69, 9.17) is 11.6 Å². The molecule has 2 aromatic carbocycles. The van der Waals surface area contributed by atoms with Crippen molar-refractivity contribution in [3.63, 3.8) is 0 Å². The summed E-state index contributed by atoms with van der Waals surface area (Å²) in [4.78, 5) is 38.7. The first-order valence-electron chi connectivity index (χ1n) is 8.77. The molecule has 0 saturated carbocycles. The molecule has 1 atom stereocenters. The minimum Gasteiger partial charge on any atom is -0.465 e. The fraction of sp³-hybridized carbons (Fsp3) is 0.286. The predicted molar refractivity (Wildman–Crippen MR) is 102 cm³/mol. The second-order valence-electron chi connectivity index (χ2n) is 6.53. The molecule has 0 unspecified atom stereocenters. The normalized spacial score (nSPS) is 16.7. The minimum atomic E-state index is -0.444. The Hall–Kier alpha value is -2.66. The highest BCUT2D eigenvalue weighted by Crippen LogP contribution is 2.23. The number of Topliss-reactive ketones (excluding diaryl/α,β-unsaturated/α-hetero) is 1. The molecular weight excluding hydrogens is 366 g/mol. The zero-order chi connectivity index (χ0) is 19.4. The lowest BCUT2D eigenvalue weighted by molar-refractivity contribution is 0.0595. The largest absolute Gasteiger partial charge is 0.465 e. The Morgan fingerprint density at radius 2 is 1.56 bits per heavy atom. The maximum Gasteiger partial charge on any atom is 0.337 e. The monoisotopic (exact) mass is 385 g/mol. The van der Waals surface area contributed by atoms with Gasteiger partial charge in [0.25, 0.3) is 5.91 Å². The number of methoxy groups -OCH3 is 1. The average molecular weight is 386 g/mol. The summed E-state index contributed by atoms with van der Waals surface area (Å²) in [5.74, 6) is -0.774. The number of hydrogen-bond donors (Lipinski definition) is 0. The van der Waals surface area contributed by atoms with Crippen molar-refractivity contribution in [3.8, 4) is 0 Å². The summed E-state index contributed by atoms with van der Waals surface area (Å²) in [6.45, 7) is 1.00. The van der Waals surface area contributed by atoms with E-state index in [0.717, 1.165) is 12.8 Å². The average Bonchev–Trinajstić information content (AvgIpc) is 2.73. The summed E-state index contributed by atoms with van der Waals surface area (Å²) in [5, 5.41) is 0.586. The fourth-order valence-corrected chi connectivity index (χ4v) is 3.40. The van der Waals surface area contributed by atoms with Gasteiger partial charge < -0.3 is 9.64 Å². The maximum atomic E-state index is 12.8. The zero-order valence-corrected chi connectivity index (χ0v) is 15.7. The molecule has 1 saturated heterocycles. The summed E-state index contributed by atoms with van der Waals surface area (Å²) in [7, 11) is 1.31. The van der Waals surface area contributed by atoms with Crippen LogP contribution in [0.5, 0.6) is 0 Å². The number of likely N-dealkylation sites (tertiary alicyclic amines) is 1. The molecule has 0 N–H and O–H groups in total. The SMILES string of the molecule is COC(=O)c1ccc(C(=O)N2CCC[C@@H](C(=O)c3ccc(Cl)cc3)C2)cc1. The molecule has 1 heterocycles. The summed E-state index contributed by atoms with van der Waals surface area (Å²) in [5.41, 5.74) is 1.49.